The fourth-order valence-electron chi connectivity index (χ4n) is 7.17. The molecule has 0 aromatic heterocycles. The maximum absolute atomic E-state index is 9.15. The molecule has 6 aromatic rings. The number of nitriles is 2. The molecule has 0 radical (unpaired) electrons. The van der Waals surface area contributed by atoms with Crippen LogP contribution in [0.1, 0.15) is 46.9 Å². The molecule has 12 heteroatoms. The van der Waals surface area contributed by atoms with Gasteiger partial charge in [-0.15, -0.1) is 0 Å². The number of alkyl halides is 1. The standard InChI is InChI=1S/C24H22BrCl2N3.C24H21Cl2N3.Na.H/c25-12-13-30(16-18-4-2-1-3-5-18)17-24(20-7-9-21(26)10-8-20)29-23-11-6-19(15-28)14-22(23)27;25-21-9-7-20(8-10-21)24-17-28(16-18-4-2-1-3-5-18)12-13-29(24)23-11-6-19(15-27)14-22(23)26;;/h1-11,14,24,29H,12-13,16-17H2;1-11,14,24H,12-13,16-17H2;;/q;;+1;-1/t2*24-;;/m00../s1. The average molecular weight is 950 g/mol. The molecule has 0 aliphatic carbocycles. The Morgan fingerprint density at radius 3 is 1.88 bits per heavy atom. The quantitative estimate of drug-likeness (QED) is 0.0919. The Kier molecular flexibility index (Phi) is 19.2. The van der Waals surface area contributed by atoms with Crippen molar-refractivity contribution in [2.75, 3.05) is 48.3 Å². The summed E-state index contributed by atoms with van der Waals surface area (Å²) in [5, 5.41) is 25.3. The molecule has 7 rings (SSSR count). The molecular weight excluding hydrogens is 905 g/mol. The molecule has 60 heavy (non-hydrogen) atoms. The molecule has 1 N–H and O–H groups in total. The molecule has 0 unspecified atom stereocenters. The smallest absolute Gasteiger partial charge is 1.00 e. The predicted octanol–water partition coefficient (Wildman–Crippen LogP) is 9.96. The van der Waals surface area contributed by atoms with Crippen LogP contribution < -0.4 is 39.8 Å². The second kappa shape index (κ2) is 24.2. The van der Waals surface area contributed by atoms with E-state index in [1.54, 1.807) is 18.2 Å². The Morgan fingerprint density at radius 2 is 1.30 bits per heavy atom. The Labute approximate surface area is 406 Å². The van der Waals surface area contributed by atoms with Crippen LogP contribution in [-0.2, 0) is 13.1 Å². The first-order valence-corrected chi connectivity index (χ1v) is 21.9. The van der Waals surface area contributed by atoms with Crippen molar-refractivity contribution >= 4 is 73.7 Å². The van der Waals surface area contributed by atoms with E-state index >= 15 is 0 Å². The molecule has 1 aliphatic rings. The van der Waals surface area contributed by atoms with E-state index in [4.69, 9.17) is 56.9 Å². The van der Waals surface area contributed by atoms with Crippen molar-refractivity contribution < 1.29 is 31.0 Å². The van der Waals surface area contributed by atoms with Crippen LogP contribution in [0.2, 0.25) is 20.1 Å². The summed E-state index contributed by atoms with van der Waals surface area (Å²) in [7, 11) is 0. The minimum absolute atomic E-state index is 0. The number of nitrogens with one attached hydrogen (secondary N) is 1. The molecule has 1 fully saturated rings. The molecule has 302 valence electrons. The van der Waals surface area contributed by atoms with Gasteiger partial charge >= 0.3 is 29.6 Å². The first-order chi connectivity index (χ1) is 28.7. The predicted molar refractivity (Wildman–Crippen MR) is 250 cm³/mol. The summed E-state index contributed by atoms with van der Waals surface area (Å²) in [6, 6.07) is 52.2. The van der Waals surface area contributed by atoms with Gasteiger partial charge in [-0.25, -0.2) is 0 Å². The topological polar surface area (TPSA) is 69.3 Å². The van der Waals surface area contributed by atoms with E-state index in [0.29, 0.717) is 26.2 Å². The number of anilines is 2. The van der Waals surface area contributed by atoms with Crippen molar-refractivity contribution in [2.24, 2.45) is 0 Å². The Hall–Kier alpha value is -3.54. The zero-order valence-corrected chi connectivity index (χ0v) is 39.9. The van der Waals surface area contributed by atoms with E-state index in [-0.39, 0.29) is 43.1 Å². The van der Waals surface area contributed by atoms with Gasteiger partial charge in [-0.3, -0.25) is 9.80 Å². The first-order valence-electron chi connectivity index (χ1n) is 19.2. The maximum atomic E-state index is 9.15. The number of rotatable bonds is 13. The number of nitrogens with zero attached hydrogens (tertiary/aromatic N) is 5. The van der Waals surface area contributed by atoms with Crippen LogP contribution in [0.5, 0.6) is 0 Å². The normalized spacial score (nSPS) is 14.2. The summed E-state index contributed by atoms with van der Waals surface area (Å²) < 4.78 is 0. The van der Waals surface area contributed by atoms with Crippen LogP contribution in [0.3, 0.4) is 0 Å². The Balaban J connectivity index is 0.000000260. The minimum atomic E-state index is -0.00420. The molecule has 0 spiro atoms. The van der Waals surface area contributed by atoms with Crippen molar-refractivity contribution in [2.45, 2.75) is 25.2 Å². The van der Waals surface area contributed by atoms with Crippen LogP contribution in [0, 0.1) is 22.7 Å². The van der Waals surface area contributed by atoms with E-state index in [1.807, 2.05) is 66.7 Å². The fraction of sp³-hybridized carbons (Fsp3) is 0.208. The molecule has 1 saturated heterocycles. The largest absolute Gasteiger partial charge is 1.00 e. The first kappa shape index (κ1) is 47.5. The summed E-state index contributed by atoms with van der Waals surface area (Å²) in [5.41, 5.74) is 7.78. The van der Waals surface area contributed by atoms with Gasteiger partial charge in [0.05, 0.1) is 56.8 Å². The Morgan fingerprint density at radius 1 is 0.717 bits per heavy atom. The molecule has 1 heterocycles. The van der Waals surface area contributed by atoms with E-state index in [0.717, 1.165) is 73.1 Å². The SMILES string of the molecule is N#Cc1ccc(N2CCN(Cc3ccccc3)C[C@H]2c2ccc(Cl)cc2)c(Cl)c1.N#Cc1ccc(N[C@@H](CN(CCBr)Cc2ccccc2)c2ccc(Cl)cc2)c(Cl)c1.[H-].[Na+]. The molecule has 6 nitrogen and oxygen atoms in total. The number of benzene rings is 6. The van der Waals surface area contributed by atoms with E-state index < -0.39 is 0 Å². The van der Waals surface area contributed by atoms with E-state index in [1.165, 1.54) is 16.7 Å². The van der Waals surface area contributed by atoms with Crippen molar-refractivity contribution in [1.29, 1.82) is 10.5 Å². The number of halogens is 5. The van der Waals surface area contributed by atoms with E-state index in [2.05, 4.69) is 109 Å². The average Bonchev–Trinajstić information content (AvgIpc) is 3.25. The van der Waals surface area contributed by atoms with Gasteiger partial charge in [0, 0.05) is 61.2 Å². The van der Waals surface area contributed by atoms with Gasteiger partial charge in [0.2, 0.25) is 0 Å². The van der Waals surface area contributed by atoms with Crippen molar-refractivity contribution in [3.8, 4) is 12.1 Å². The molecule has 0 saturated carbocycles. The number of hydrogen-bond acceptors (Lipinski definition) is 6. The zero-order chi connectivity index (χ0) is 41.6. The second-order valence-corrected chi connectivity index (χ2v) is 16.7. The summed E-state index contributed by atoms with van der Waals surface area (Å²) in [6.45, 7) is 6.12. The second-order valence-electron chi connectivity index (χ2n) is 14.2. The van der Waals surface area contributed by atoms with Crippen molar-refractivity contribution in [3.05, 3.63) is 199 Å². The van der Waals surface area contributed by atoms with Gasteiger partial charge in [0.15, 0.2) is 0 Å². The van der Waals surface area contributed by atoms with Crippen molar-refractivity contribution in [3.63, 3.8) is 0 Å². The molecule has 0 amide bonds. The van der Waals surface area contributed by atoms with Gasteiger partial charge < -0.3 is 11.6 Å². The van der Waals surface area contributed by atoms with Crippen LogP contribution in [0.25, 0.3) is 0 Å². The van der Waals surface area contributed by atoms with Crippen molar-refractivity contribution in [1.82, 2.24) is 9.80 Å². The summed E-state index contributed by atoms with van der Waals surface area (Å²) in [5.74, 6) is 0. The summed E-state index contributed by atoms with van der Waals surface area (Å²) in [6.07, 6.45) is 0. The van der Waals surface area contributed by atoms with Gasteiger partial charge in [0.1, 0.15) is 0 Å². The maximum Gasteiger partial charge on any atom is 1.00 e. The summed E-state index contributed by atoms with van der Waals surface area (Å²) >= 11 is 28.8. The monoisotopic (exact) mass is 946 g/mol. The molecule has 2 atom stereocenters. The fourth-order valence-corrected chi connectivity index (χ4v) is 8.44. The van der Waals surface area contributed by atoms with Gasteiger partial charge in [0.25, 0.3) is 0 Å². The van der Waals surface area contributed by atoms with Crippen LogP contribution >= 0.6 is 62.3 Å². The third kappa shape index (κ3) is 13.7. The molecule has 6 aromatic carbocycles. The zero-order valence-electron chi connectivity index (χ0n) is 34.3. The third-order valence-electron chi connectivity index (χ3n) is 10.1. The van der Waals surface area contributed by atoms with Gasteiger partial charge in [-0.05, 0) is 82.9 Å². The van der Waals surface area contributed by atoms with E-state index in [9.17, 15) is 0 Å². The molecule has 0 bridgehead atoms. The third-order valence-corrected chi connectivity index (χ3v) is 11.6. The Bertz CT molecular complexity index is 2350. The number of hydrogen-bond donors (Lipinski definition) is 1. The minimum Gasteiger partial charge on any atom is -1.00 e. The van der Waals surface area contributed by atoms with Gasteiger partial charge in [-0.2, -0.15) is 10.5 Å². The van der Waals surface area contributed by atoms with Crippen LogP contribution in [0.15, 0.2) is 146 Å². The molecule has 1 aliphatic heterocycles. The number of piperazine rings is 1. The summed E-state index contributed by atoms with van der Waals surface area (Å²) in [4.78, 5) is 7.21. The molecular formula is C48H44BrCl4N6Na. The van der Waals surface area contributed by atoms with Crippen LogP contribution in [-0.4, -0.2) is 47.9 Å². The van der Waals surface area contributed by atoms with Gasteiger partial charge in [-0.1, -0.05) is 147 Å². The van der Waals surface area contributed by atoms with Crippen LogP contribution in [0.4, 0.5) is 11.4 Å².